The highest BCUT2D eigenvalue weighted by Crippen LogP contribution is 2.36. The van der Waals surface area contributed by atoms with E-state index in [0.29, 0.717) is 22.6 Å². The van der Waals surface area contributed by atoms with E-state index in [1.807, 2.05) is 12.1 Å². The Morgan fingerprint density at radius 3 is 2.95 bits per heavy atom. The molecule has 0 aliphatic carbocycles. The molecule has 0 atom stereocenters. The highest BCUT2D eigenvalue weighted by atomic mass is 16.5. The number of carbonyl (C=O) groups is 1. The van der Waals surface area contributed by atoms with E-state index in [1.54, 1.807) is 19.1 Å². The lowest BCUT2D eigenvalue weighted by atomic mass is 10.0. The molecule has 102 valence electrons. The summed E-state index contributed by atoms with van der Waals surface area (Å²) in [4.78, 5) is 23.6. The second-order valence-corrected chi connectivity index (χ2v) is 4.31. The lowest BCUT2D eigenvalue weighted by Crippen LogP contribution is -2.19. The zero-order chi connectivity index (χ0) is 14.1. The molecule has 0 saturated heterocycles. The molecular formula is C15H12O5. The van der Waals surface area contributed by atoms with Gasteiger partial charge < -0.3 is 13.9 Å². The van der Waals surface area contributed by atoms with Crippen molar-refractivity contribution in [3.05, 3.63) is 51.9 Å². The summed E-state index contributed by atoms with van der Waals surface area (Å²) in [5.41, 5.74) is 0.570. The lowest BCUT2D eigenvalue weighted by molar-refractivity contribution is 0.0521. The van der Waals surface area contributed by atoms with Crippen LogP contribution in [0.2, 0.25) is 0 Å². The van der Waals surface area contributed by atoms with E-state index in [-0.39, 0.29) is 18.8 Å². The topological polar surface area (TPSA) is 65.7 Å². The molecule has 2 aromatic rings. The number of fused-ring (bicyclic) bond motifs is 3. The number of para-hydroxylation sites is 1. The van der Waals surface area contributed by atoms with Crippen molar-refractivity contribution in [3.8, 4) is 17.1 Å². The van der Waals surface area contributed by atoms with Crippen molar-refractivity contribution in [3.63, 3.8) is 0 Å². The van der Waals surface area contributed by atoms with E-state index in [4.69, 9.17) is 13.9 Å². The van der Waals surface area contributed by atoms with Crippen LogP contribution in [-0.4, -0.2) is 12.6 Å². The fraction of sp³-hybridized carbons (Fsp3) is 0.200. The quantitative estimate of drug-likeness (QED) is 0.785. The van der Waals surface area contributed by atoms with Crippen molar-refractivity contribution >= 4 is 5.97 Å². The number of carbonyl (C=O) groups excluding carboxylic acids is 1. The largest absolute Gasteiger partial charge is 0.488 e. The Labute approximate surface area is 114 Å². The molecule has 0 saturated carbocycles. The van der Waals surface area contributed by atoms with Gasteiger partial charge in [-0.15, -0.1) is 0 Å². The van der Waals surface area contributed by atoms with Crippen LogP contribution in [0, 0.1) is 0 Å². The third-order valence-electron chi connectivity index (χ3n) is 3.04. The van der Waals surface area contributed by atoms with Gasteiger partial charge in [0.1, 0.15) is 23.7 Å². The molecule has 1 aromatic carbocycles. The Morgan fingerprint density at radius 2 is 2.15 bits per heavy atom. The summed E-state index contributed by atoms with van der Waals surface area (Å²) in [6, 6.07) is 8.76. The van der Waals surface area contributed by atoms with E-state index in [1.165, 1.54) is 6.07 Å². The molecule has 1 aromatic heterocycles. The summed E-state index contributed by atoms with van der Waals surface area (Å²) >= 11 is 0. The first-order valence-electron chi connectivity index (χ1n) is 6.27. The first kappa shape index (κ1) is 12.5. The van der Waals surface area contributed by atoms with Crippen molar-refractivity contribution in [2.24, 2.45) is 0 Å². The number of hydrogen-bond donors (Lipinski definition) is 0. The van der Waals surface area contributed by atoms with Crippen LogP contribution in [0.3, 0.4) is 0 Å². The van der Waals surface area contributed by atoms with Crippen LogP contribution in [0.5, 0.6) is 5.75 Å². The number of benzene rings is 1. The van der Waals surface area contributed by atoms with E-state index in [9.17, 15) is 9.59 Å². The first-order chi connectivity index (χ1) is 9.70. The van der Waals surface area contributed by atoms with Crippen molar-refractivity contribution < 1.29 is 18.7 Å². The highest BCUT2D eigenvalue weighted by molar-refractivity contribution is 5.89. The van der Waals surface area contributed by atoms with Crippen molar-refractivity contribution in [2.45, 2.75) is 13.5 Å². The number of esters is 1. The number of rotatable bonds is 2. The maximum atomic E-state index is 11.9. The van der Waals surface area contributed by atoms with Gasteiger partial charge >= 0.3 is 11.6 Å². The Morgan fingerprint density at radius 1 is 1.35 bits per heavy atom. The van der Waals surface area contributed by atoms with E-state index in [2.05, 4.69) is 0 Å². The van der Waals surface area contributed by atoms with E-state index >= 15 is 0 Å². The van der Waals surface area contributed by atoms with E-state index < -0.39 is 11.6 Å². The Balaban J connectivity index is 2.13. The molecule has 0 bridgehead atoms. The van der Waals surface area contributed by atoms with Gasteiger partial charge in [-0.25, -0.2) is 9.59 Å². The minimum absolute atomic E-state index is 0.103. The Kier molecular flexibility index (Phi) is 3.02. The van der Waals surface area contributed by atoms with Crippen molar-refractivity contribution in [2.75, 3.05) is 6.61 Å². The predicted octanol–water partition coefficient (Wildman–Crippen LogP) is 2.38. The second-order valence-electron chi connectivity index (χ2n) is 4.31. The molecule has 0 spiro atoms. The van der Waals surface area contributed by atoms with Crippen LogP contribution in [-0.2, 0) is 11.3 Å². The van der Waals surface area contributed by atoms with Crippen LogP contribution in [0.1, 0.15) is 22.8 Å². The molecule has 5 heteroatoms. The van der Waals surface area contributed by atoms with Gasteiger partial charge in [0.25, 0.3) is 0 Å². The predicted molar refractivity (Wildman–Crippen MR) is 70.7 cm³/mol. The van der Waals surface area contributed by atoms with Gasteiger partial charge in [0, 0.05) is 5.56 Å². The standard InChI is InChI=1S/C15H12O5/c1-2-18-14(16)11-7-9-8-19-12-6-4-3-5-10(12)13(9)20-15(11)17/h3-7H,2,8H2,1H3. The molecule has 0 radical (unpaired) electrons. The van der Waals surface area contributed by atoms with Crippen LogP contribution >= 0.6 is 0 Å². The second kappa shape index (κ2) is 4.85. The minimum Gasteiger partial charge on any atom is -0.488 e. The molecule has 1 aliphatic heterocycles. The monoisotopic (exact) mass is 272 g/mol. The molecule has 0 fully saturated rings. The van der Waals surface area contributed by atoms with Crippen molar-refractivity contribution in [1.29, 1.82) is 0 Å². The maximum absolute atomic E-state index is 11.9. The lowest BCUT2D eigenvalue weighted by Gasteiger charge is -2.19. The molecule has 0 unspecified atom stereocenters. The van der Waals surface area contributed by atoms with Crippen LogP contribution in [0.25, 0.3) is 11.3 Å². The minimum atomic E-state index is -0.695. The summed E-state index contributed by atoms with van der Waals surface area (Å²) in [7, 11) is 0. The first-order valence-corrected chi connectivity index (χ1v) is 6.27. The van der Waals surface area contributed by atoms with Crippen LogP contribution < -0.4 is 10.4 Å². The summed E-state index contributed by atoms with van der Waals surface area (Å²) in [5.74, 6) is 0.430. The fourth-order valence-corrected chi connectivity index (χ4v) is 2.13. The summed E-state index contributed by atoms with van der Waals surface area (Å²) in [6.45, 7) is 2.13. The van der Waals surface area contributed by atoms with Gasteiger partial charge in [-0.05, 0) is 25.1 Å². The van der Waals surface area contributed by atoms with Gasteiger partial charge in [-0.3, -0.25) is 0 Å². The van der Waals surface area contributed by atoms with Gasteiger partial charge in [0.05, 0.1) is 12.2 Å². The van der Waals surface area contributed by atoms with E-state index in [0.717, 1.165) is 0 Å². The van der Waals surface area contributed by atoms with Gasteiger partial charge in [0.2, 0.25) is 0 Å². The SMILES string of the molecule is CCOC(=O)c1cc2c(oc1=O)-c1ccccc1OC2. The zero-order valence-corrected chi connectivity index (χ0v) is 10.8. The summed E-state index contributed by atoms with van der Waals surface area (Å²) in [5, 5.41) is 0. The summed E-state index contributed by atoms with van der Waals surface area (Å²) in [6.07, 6.45) is 0. The van der Waals surface area contributed by atoms with Crippen LogP contribution in [0.4, 0.5) is 0 Å². The average molecular weight is 272 g/mol. The van der Waals surface area contributed by atoms with Gasteiger partial charge in [0.15, 0.2) is 0 Å². The maximum Gasteiger partial charge on any atom is 0.351 e. The number of ether oxygens (including phenoxy) is 2. The normalized spacial score (nSPS) is 12.1. The van der Waals surface area contributed by atoms with Crippen molar-refractivity contribution in [1.82, 2.24) is 0 Å². The average Bonchev–Trinajstić information content (AvgIpc) is 2.46. The summed E-state index contributed by atoms with van der Waals surface area (Å²) < 4.78 is 15.7. The molecular weight excluding hydrogens is 260 g/mol. The Bertz CT molecular complexity index is 729. The third kappa shape index (κ3) is 1.97. The fourth-order valence-electron chi connectivity index (χ4n) is 2.13. The Hall–Kier alpha value is -2.56. The molecule has 0 amide bonds. The number of hydrogen-bond acceptors (Lipinski definition) is 5. The third-order valence-corrected chi connectivity index (χ3v) is 3.04. The molecule has 5 nitrogen and oxygen atoms in total. The van der Waals surface area contributed by atoms with Gasteiger partial charge in [-0.2, -0.15) is 0 Å². The molecule has 2 heterocycles. The molecule has 0 N–H and O–H groups in total. The van der Waals surface area contributed by atoms with Gasteiger partial charge in [-0.1, -0.05) is 12.1 Å². The molecule has 20 heavy (non-hydrogen) atoms. The zero-order valence-electron chi connectivity index (χ0n) is 10.8. The van der Waals surface area contributed by atoms with Crippen LogP contribution in [0.15, 0.2) is 39.5 Å². The molecule has 1 aliphatic rings. The smallest absolute Gasteiger partial charge is 0.351 e. The highest BCUT2D eigenvalue weighted by Gasteiger charge is 2.24. The molecule has 3 rings (SSSR count).